The Balaban J connectivity index is 1.65. The van der Waals surface area contributed by atoms with Crippen molar-refractivity contribution in [2.75, 3.05) is 19.8 Å². The number of thiazole rings is 1. The lowest BCUT2D eigenvalue weighted by Crippen LogP contribution is -2.21. The van der Waals surface area contributed by atoms with Crippen molar-refractivity contribution in [1.29, 1.82) is 0 Å². The Labute approximate surface area is 146 Å². The van der Waals surface area contributed by atoms with Gasteiger partial charge in [0.25, 0.3) is 0 Å². The maximum atomic E-state index is 12.5. The van der Waals surface area contributed by atoms with E-state index in [4.69, 9.17) is 9.47 Å². The number of rotatable bonds is 6. The van der Waals surface area contributed by atoms with Crippen molar-refractivity contribution in [3.05, 3.63) is 39.6 Å². The first kappa shape index (κ1) is 17.0. The third-order valence-corrected chi connectivity index (χ3v) is 4.98. The second kappa shape index (κ2) is 7.85. The highest BCUT2D eigenvalue weighted by Crippen LogP contribution is 2.20. The summed E-state index contributed by atoms with van der Waals surface area (Å²) in [5.41, 5.74) is 2.18. The Kier molecular flexibility index (Phi) is 5.58. The lowest BCUT2D eigenvalue weighted by atomic mass is 10.0. The maximum Gasteiger partial charge on any atom is 0.188 e. The molecule has 2 aromatic heterocycles. The summed E-state index contributed by atoms with van der Waals surface area (Å²) in [4.78, 5) is 21.2. The van der Waals surface area contributed by atoms with Gasteiger partial charge in [-0.05, 0) is 32.6 Å². The fraction of sp³-hybridized carbons (Fsp3) is 0.500. The van der Waals surface area contributed by atoms with Crippen molar-refractivity contribution in [3.63, 3.8) is 0 Å². The standard InChI is InChI=1S/C18H22N2O3S/c1-12-7-15(23-10-14-3-5-22-6-4-14)8-16(19-12)17(21)9-18-20-13(2)11-24-18/h7-8,11,14H,3-6,9-10H2,1-2H3. The van der Waals surface area contributed by atoms with Gasteiger partial charge in [-0.3, -0.25) is 4.79 Å². The van der Waals surface area contributed by atoms with Crippen LogP contribution in [0.25, 0.3) is 0 Å². The van der Waals surface area contributed by atoms with E-state index in [-0.39, 0.29) is 12.2 Å². The number of hydrogen-bond acceptors (Lipinski definition) is 6. The molecule has 0 radical (unpaired) electrons. The maximum absolute atomic E-state index is 12.5. The van der Waals surface area contributed by atoms with Gasteiger partial charge in [0, 0.05) is 42.1 Å². The molecule has 0 amide bonds. The van der Waals surface area contributed by atoms with Gasteiger partial charge < -0.3 is 9.47 Å². The van der Waals surface area contributed by atoms with Crippen molar-refractivity contribution in [1.82, 2.24) is 9.97 Å². The normalized spacial score (nSPS) is 15.4. The molecule has 0 aliphatic carbocycles. The van der Waals surface area contributed by atoms with E-state index < -0.39 is 0 Å². The van der Waals surface area contributed by atoms with Crippen LogP contribution in [0.4, 0.5) is 0 Å². The second-order valence-electron chi connectivity index (χ2n) is 6.18. The second-order valence-corrected chi connectivity index (χ2v) is 7.12. The van der Waals surface area contributed by atoms with Crippen LogP contribution in [0, 0.1) is 19.8 Å². The van der Waals surface area contributed by atoms with Gasteiger partial charge >= 0.3 is 0 Å². The zero-order valence-corrected chi connectivity index (χ0v) is 14.9. The summed E-state index contributed by atoms with van der Waals surface area (Å²) in [6, 6.07) is 3.62. The minimum atomic E-state index is -0.0241. The van der Waals surface area contributed by atoms with Crippen LogP contribution in [0.3, 0.4) is 0 Å². The van der Waals surface area contributed by atoms with Gasteiger partial charge in [-0.25, -0.2) is 9.97 Å². The Morgan fingerprint density at radius 3 is 2.75 bits per heavy atom. The van der Waals surface area contributed by atoms with E-state index in [9.17, 15) is 4.79 Å². The molecule has 0 spiro atoms. The molecule has 128 valence electrons. The fourth-order valence-electron chi connectivity index (χ4n) is 2.70. The molecule has 6 heteroatoms. The Morgan fingerprint density at radius 1 is 1.25 bits per heavy atom. The molecule has 3 heterocycles. The molecule has 1 aliphatic rings. The van der Waals surface area contributed by atoms with E-state index in [2.05, 4.69) is 9.97 Å². The molecule has 2 aromatic rings. The molecule has 1 saturated heterocycles. The van der Waals surface area contributed by atoms with Crippen LogP contribution in [-0.4, -0.2) is 35.6 Å². The summed E-state index contributed by atoms with van der Waals surface area (Å²) in [7, 11) is 0. The smallest absolute Gasteiger partial charge is 0.188 e. The van der Waals surface area contributed by atoms with E-state index in [0.29, 0.717) is 24.0 Å². The van der Waals surface area contributed by atoms with Gasteiger partial charge in [-0.1, -0.05) is 0 Å². The van der Waals surface area contributed by atoms with Crippen molar-refractivity contribution in [3.8, 4) is 5.75 Å². The number of carbonyl (C=O) groups excluding carboxylic acids is 1. The number of aryl methyl sites for hydroxylation is 2. The number of carbonyl (C=O) groups is 1. The first-order chi connectivity index (χ1) is 11.6. The molecule has 0 aromatic carbocycles. The summed E-state index contributed by atoms with van der Waals surface area (Å²) >= 11 is 1.51. The number of nitrogens with zero attached hydrogens (tertiary/aromatic N) is 2. The van der Waals surface area contributed by atoms with Crippen LogP contribution in [-0.2, 0) is 11.2 Å². The number of aromatic nitrogens is 2. The third kappa shape index (κ3) is 4.61. The summed E-state index contributed by atoms with van der Waals surface area (Å²) in [6.45, 7) is 6.08. The van der Waals surface area contributed by atoms with Crippen LogP contribution in [0.2, 0.25) is 0 Å². The molecule has 0 bridgehead atoms. The first-order valence-corrected chi connectivity index (χ1v) is 9.11. The minimum Gasteiger partial charge on any atom is -0.493 e. The molecule has 0 unspecified atom stereocenters. The van der Waals surface area contributed by atoms with E-state index in [1.165, 1.54) is 11.3 Å². The largest absolute Gasteiger partial charge is 0.493 e. The molecular weight excluding hydrogens is 324 g/mol. The Hall–Kier alpha value is -1.79. The Morgan fingerprint density at radius 2 is 2.04 bits per heavy atom. The van der Waals surface area contributed by atoms with Gasteiger partial charge in [-0.15, -0.1) is 11.3 Å². The predicted octanol–water partition coefficient (Wildman–Crippen LogP) is 3.39. The van der Waals surface area contributed by atoms with Gasteiger partial charge in [0.15, 0.2) is 5.78 Å². The van der Waals surface area contributed by atoms with E-state index >= 15 is 0 Å². The van der Waals surface area contributed by atoms with E-state index in [1.807, 2.05) is 25.3 Å². The van der Waals surface area contributed by atoms with Crippen LogP contribution in [0.15, 0.2) is 17.5 Å². The monoisotopic (exact) mass is 346 g/mol. The van der Waals surface area contributed by atoms with Gasteiger partial charge in [0.1, 0.15) is 16.5 Å². The highest BCUT2D eigenvalue weighted by Gasteiger charge is 2.16. The highest BCUT2D eigenvalue weighted by molar-refractivity contribution is 7.09. The zero-order chi connectivity index (χ0) is 16.9. The number of ether oxygens (including phenoxy) is 2. The molecule has 0 atom stereocenters. The molecule has 0 saturated carbocycles. The third-order valence-electron chi connectivity index (χ3n) is 4.02. The SMILES string of the molecule is Cc1cc(OCC2CCOCC2)cc(C(=O)Cc2nc(C)cs2)n1. The lowest BCUT2D eigenvalue weighted by molar-refractivity contribution is 0.0497. The predicted molar refractivity (Wildman–Crippen MR) is 92.9 cm³/mol. The van der Waals surface area contributed by atoms with Crippen molar-refractivity contribution >= 4 is 17.1 Å². The van der Waals surface area contributed by atoms with Crippen molar-refractivity contribution in [2.45, 2.75) is 33.1 Å². The van der Waals surface area contributed by atoms with E-state index in [0.717, 1.165) is 42.5 Å². The number of Topliss-reactive ketones (excluding diaryl/α,β-unsaturated/α-hetero) is 1. The molecule has 5 nitrogen and oxygen atoms in total. The van der Waals surface area contributed by atoms with Crippen molar-refractivity contribution in [2.24, 2.45) is 5.92 Å². The summed E-state index contributed by atoms with van der Waals surface area (Å²) < 4.78 is 11.3. The summed E-state index contributed by atoms with van der Waals surface area (Å²) in [6.07, 6.45) is 2.34. The minimum absolute atomic E-state index is 0.0241. The molecule has 3 rings (SSSR count). The quantitative estimate of drug-likeness (QED) is 0.750. The summed E-state index contributed by atoms with van der Waals surface area (Å²) in [5, 5.41) is 2.78. The van der Waals surface area contributed by atoms with Crippen molar-refractivity contribution < 1.29 is 14.3 Å². The topological polar surface area (TPSA) is 61.3 Å². The molecule has 0 N–H and O–H groups in total. The average molecular weight is 346 g/mol. The molecule has 1 aliphatic heterocycles. The summed E-state index contributed by atoms with van der Waals surface area (Å²) in [5.74, 6) is 1.21. The fourth-order valence-corrected chi connectivity index (χ4v) is 3.47. The lowest BCUT2D eigenvalue weighted by Gasteiger charge is -2.22. The van der Waals surface area contributed by atoms with Gasteiger partial charge in [0.05, 0.1) is 13.0 Å². The van der Waals surface area contributed by atoms with Gasteiger partial charge in [0.2, 0.25) is 0 Å². The van der Waals surface area contributed by atoms with Gasteiger partial charge in [-0.2, -0.15) is 0 Å². The molecule has 1 fully saturated rings. The van der Waals surface area contributed by atoms with Crippen LogP contribution in [0.5, 0.6) is 5.75 Å². The average Bonchev–Trinajstić information content (AvgIpc) is 2.98. The van der Waals surface area contributed by atoms with Crippen LogP contribution in [0.1, 0.15) is 39.7 Å². The van der Waals surface area contributed by atoms with Crippen LogP contribution >= 0.6 is 11.3 Å². The zero-order valence-electron chi connectivity index (χ0n) is 14.1. The van der Waals surface area contributed by atoms with E-state index in [1.54, 1.807) is 6.07 Å². The number of hydrogen-bond donors (Lipinski definition) is 0. The molecular formula is C18H22N2O3S. The highest BCUT2D eigenvalue weighted by atomic mass is 32.1. The number of pyridine rings is 1. The Bertz CT molecular complexity index is 708. The number of ketones is 1. The first-order valence-electron chi connectivity index (χ1n) is 8.23. The van der Waals surface area contributed by atoms with Crippen LogP contribution < -0.4 is 4.74 Å². The molecule has 24 heavy (non-hydrogen) atoms.